The van der Waals surface area contributed by atoms with E-state index in [1.807, 2.05) is 0 Å². The molecule has 64 valence electrons. The number of nitrogens with two attached hydrogens (primary N) is 1. The molecule has 2 nitrogen and oxygen atoms in total. The molecule has 1 aromatic rings. The van der Waals surface area contributed by atoms with E-state index < -0.39 is 0 Å². The molecule has 12 heavy (non-hydrogen) atoms. The molecule has 0 spiro atoms. The van der Waals surface area contributed by atoms with Crippen LogP contribution in [0.4, 0.5) is 5.82 Å². The van der Waals surface area contributed by atoms with Crippen molar-refractivity contribution in [2.24, 2.45) is 0 Å². The summed E-state index contributed by atoms with van der Waals surface area (Å²) in [5.74, 6) is 0.449. The number of rotatable bonds is 1. The van der Waals surface area contributed by atoms with Crippen molar-refractivity contribution in [2.75, 3.05) is 5.73 Å². The first-order chi connectivity index (χ1) is 5.52. The van der Waals surface area contributed by atoms with Crippen molar-refractivity contribution in [2.45, 2.75) is 13.8 Å². The SMILES string of the molecule is CC(=S)c1cc(Cl)c(C)nc1N. The van der Waals surface area contributed by atoms with Crippen LogP contribution in [0.1, 0.15) is 18.2 Å². The maximum atomic E-state index is 5.85. The van der Waals surface area contributed by atoms with Gasteiger partial charge >= 0.3 is 0 Å². The number of hydrogen-bond donors (Lipinski definition) is 1. The second kappa shape index (κ2) is 3.37. The van der Waals surface area contributed by atoms with E-state index in [1.165, 1.54) is 0 Å². The topological polar surface area (TPSA) is 38.9 Å². The number of pyridine rings is 1. The molecule has 0 fully saturated rings. The van der Waals surface area contributed by atoms with Gasteiger partial charge in [-0.2, -0.15) is 0 Å². The fraction of sp³-hybridized carbons (Fsp3) is 0.250. The van der Waals surface area contributed by atoms with Gasteiger partial charge in [0, 0.05) is 10.4 Å². The molecule has 0 aliphatic heterocycles. The van der Waals surface area contributed by atoms with Crippen molar-refractivity contribution in [3.05, 3.63) is 22.3 Å². The standard InChI is InChI=1S/C8H9ClN2S/c1-4-7(9)3-6(5(2)12)8(10)11-4/h3H,1-2H3,(H2,10,11). The van der Waals surface area contributed by atoms with Crippen LogP contribution in [-0.4, -0.2) is 9.85 Å². The Morgan fingerprint density at radius 3 is 2.75 bits per heavy atom. The highest BCUT2D eigenvalue weighted by Gasteiger charge is 2.05. The predicted molar refractivity (Wildman–Crippen MR) is 55.8 cm³/mol. The lowest BCUT2D eigenvalue weighted by atomic mass is 10.2. The van der Waals surface area contributed by atoms with Crippen LogP contribution in [0.2, 0.25) is 5.02 Å². The summed E-state index contributed by atoms with van der Waals surface area (Å²) in [5, 5.41) is 0.600. The monoisotopic (exact) mass is 200 g/mol. The zero-order chi connectivity index (χ0) is 9.30. The maximum Gasteiger partial charge on any atom is 0.132 e. The molecule has 1 aromatic heterocycles. The van der Waals surface area contributed by atoms with E-state index in [9.17, 15) is 0 Å². The third kappa shape index (κ3) is 1.73. The molecule has 0 aliphatic rings. The molecular formula is C8H9ClN2S. The van der Waals surface area contributed by atoms with Gasteiger partial charge in [0.25, 0.3) is 0 Å². The molecular weight excluding hydrogens is 192 g/mol. The summed E-state index contributed by atoms with van der Waals surface area (Å²) in [6, 6.07) is 1.75. The highest BCUT2D eigenvalue weighted by molar-refractivity contribution is 7.80. The van der Waals surface area contributed by atoms with Gasteiger partial charge in [-0.15, -0.1) is 0 Å². The average molecular weight is 201 g/mol. The van der Waals surface area contributed by atoms with Crippen molar-refractivity contribution in [3.63, 3.8) is 0 Å². The Morgan fingerprint density at radius 2 is 2.25 bits per heavy atom. The lowest BCUT2D eigenvalue weighted by Crippen LogP contribution is -2.02. The fourth-order valence-corrected chi connectivity index (χ4v) is 1.20. The average Bonchev–Trinajstić information content (AvgIpc) is 1.96. The highest BCUT2D eigenvalue weighted by atomic mass is 35.5. The Balaban J connectivity index is 3.33. The first-order valence-corrected chi connectivity index (χ1v) is 4.24. The van der Waals surface area contributed by atoms with Crippen LogP contribution < -0.4 is 5.73 Å². The van der Waals surface area contributed by atoms with E-state index in [-0.39, 0.29) is 0 Å². The predicted octanol–water partition coefficient (Wildman–Crippen LogP) is 2.36. The van der Waals surface area contributed by atoms with E-state index >= 15 is 0 Å². The van der Waals surface area contributed by atoms with Gasteiger partial charge in [-0.25, -0.2) is 4.98 Å². The summed E-state index contributed by atoms with van der Waals surface area (Å²) in [6.45, 7) is 3.61. The van der Waals surface area contributed by atoms with Gasteiger partial charge in [-0.1, -0.05) is 23.8 Å². The smallest absolute Gasteiger partial charge is 0.132 e. The molecule has 4 heteroatoms. The number of thiocarbonyl (C=S) groups is 1. The van der Waals surface area contributed by atoms with Crippen LogP contribution in [0.25, 0.3) is 0 Å². The fourth-order valence-electron chi connectivity index (χ4n) is 0.881. The second-order valence-corrected chi connectivity index (χ2v) is 3.56. The molecule has 0 radical (unpaired) electrons. The zero-order valence-corrected chi connectivity index (χ0v) is 8.46. The number of nitrogens with zero attached hydrogens (tertiary/aromatic N) is 1. The minimum Gasteiger partial charge on any atom is -0.383 e. The van der Waals surface area contributed by atoms with Gasteiger partial charge in [-0.3, -0.25) is 0 Å². The molecule has 0 bridgehead atoms. The van der Waals surface area contributed by atoms with E-state index in [0.717, 1.165) is 11.3 Å². The van der Waals surface area contributed by atoms with Crippen molar-refractivity contribution in [3.8, 4) is 0 Å². The second-order valence-electron chi connectivity index (χ2n) is 2.54. The van der Waals surface area contributed by atoms with Crippen molar-refractivity contribution in [1.29, 1.82) is 0 Å². The maximum absolute atomic E-state index is 5.85. The largest absolute Gasteiger partial charge is 0.383 e. The Kier molecular flexibility index (Phi) is 2.65. The van der Waals surface area contributed by atoms with Crippen LogP contribution in [0, 0.1) is 6.92 Å². The number of anilines is 1. The minimum absolute atomic E-state index is 0.449. The molecule has 1 rings (SSSR count). The lowest BCUT2D eigenvalue weighted by Gasteiger charge is -2.04. The molecule has 0 saturated heterocycles. The molecule has 2 N–H and O–H groups in total. The molecule has 0 saturated carbocycles. The summed E-state index contributed by atoms with van der Waals surface area (Å²) in [4.78, 5) is 4.76. The summed E-state index contributed by atoms with van der Waals surface area (Å²) in [5.41, 5.74) is 7.12. The van der Waals surface area contributed by atoms with E-state index in [2.05, 4.69) is 4.98 Å². The van der Waals surface area contributed by atoms with Gasteiger partial charge in [0.2, 0.25) is 0 Å². The van der Waals surface area contributed by atoms with Crippen molar-refractivity contribution < 1.29 is 0 Å². The molecule has 0 atom stereocenters. The summed E-state index contributed by atoms with van der Waals surface area (Å²) >= 11 is 10.8. The van der Waals surface area contributed by atoms with Crippen LogP contribution >= 0.6 is 23.8 Å². The Bertz CT molecular complexity index is 336. The number of halogens is 1. The third-order valence-corrected chi connectivity index (χ3v) is 2.16. The van der Waals surface area contributed by atoms with Gasteiger partial charge in [0.15, 0.2) is 0 Å². The normalized spacial score (nSPS) is 9.92. The number of hydrogen-bond acceptors (Lipinski definition) is 3. The van der Waals surface area contributed by atoms with E-state index in [1.54, 1.807) is 19.9 Å². The lowest BCUT2D eigenvalue weighted by molar-refractivity contribution is 1.21. The van der Waals surface area contributed by atoms with Gasteiger partial charge in [0.05, 0.1) is 10.7 Å². The summed E-state index contributed by atoms with van der Waals surface area (Å²) in [7, 11) is 0. The van der Waals surface area contributed by atoms with E-state index in [0.29, 0.717) is 15.7 Å². The summed E-state index contributed by atoms with van der Waals surface area (Å²) in [6.07, 6.45) is 0. The number of aromatic nitrogens is 1. The molecule has 0 aromatic carbocycles. The molecule has 1 heterocycles. The number of nitrogen functional groups attached to an aromatic ring is 1. The molecule has 0 unspecified atom stereocenters. The third-order valence-electron chi connectivity index (χ3n) is 1.56. The number of aryl methyl sites for hydroxylation is 1. The van der Waals surface area contributed by atoms with Crippen LogP contribution in [0.5, 0.6) is 0 Å². The Morgan fingerprint density at radius 1 is 1.67 bits per heavy atom. The first-order valence-electron chi connectivity index (χ1n) is 3.46. The van der Waals surface area contributed by atoms with Crippen molar-refractivity contribution in [1.82, 2.24) is 4.98 Å². The molecule has 0 aliphatic carbocycles. The Labute approximate surface area is 81.7 Å². The van der Waals surface area contributed by atoms with Crippen LogP contribution in [0.3, 0.4) is 0 Å². The molecule has 0 amide bonds. The highest BCUT2D eigenvalue weighted by Crippen LogP contribution is 2.19. The minimum atomic E-state index is 0.449. The Hall–Kier alpha value is -0.670. The quantitative estimate of drug-likeness (QED) is 0.559. The van der Waals surface area contributed by atoms with Gasteiger partial charge < -0.3 is 5.73 Å². The zero-order valence-electron chi connectivity index (χ0n) is 6.89. The van der Waals surface area contributed by atoms with Crippen molar-refractivity contribution >= 4 is 34.5 Å². The first kappa shape index (κ1) is 9.42. The summed E-state index contributed by atoms with van der Waals surface area (Å²) < 4.78 is 0. The van der Waals surface area contributed by atoms with Gasteiger partial charge in [-0.05, 0) is 19.9 Å². The van der Waals surface area contributed by atoms with Crippen LogP contribution in [0.15, 0.2) is 6.07 Å². The van der Waals surface area contributed by atoms with Crippen LogP contribution in [-0.2, 0) is 0 Å². The van der Waals surface area contributed by atoms with E-state index in [4.69, 9.17) is 29.6 Å². The van der Waals surface area contributed by atoms with Gasteiger partial charge in [0.1, 0.15) is 5.82 Å².